The van der Waals surface area contributed by atoms with Gasteiger partial charge in [0.15, 0.2) is 0 Å². The zero-order chi connectivity index (χ0) is 12.3. The van der Waals surface area contributed by atoms with Crippen LogP contribution < -0.4 is 4.74 Å². The highest BCUT2D eigenvalue weighted by atomic mass is 16.5. The third kappa shape index (κ3) is 2.47. The van der Waals surface area contributed by atoms with E-state index >= 15 is 0 Å². The molecule has 1 heterocycles. The number of hydrogen-bond donors (Lipinski definition) is 1. The molecule has 0 fully saturated rings. The number of imidazole rings is 1. The third-order valence-corrected chi connectivity index (χ3v) is 2.67. The second-order valence-corrected chi connectivity index (χ2v) is 3.86. The Hall–Kier alpha value is -1.81. The fourth-order valence-corrected chi connectivity index (χ4v) is 1.76. The van der Waals surface area contributed by atoms with Gasteiger partial charge in [-0.15, -0.1) is 0 Å². The van der Waals surface area contributed by atoms with Crippen molar-refractivity contribution in [2.75, 3.05) is 13.7 Å². The van der Waals surface area contributed by atoms with E-state index in [2.05, 4.69) is 4.98 Å². The van der Waals surface area contributed by atoms with Crippen molar-refractivity contribution in [2.24, 2.45) is 7.05 Å². The molecule has 0 radical (unpaired) electrons. The third-order valence-electron chi connectivity index (χ3n) is 2.67. The molecule has 1 aromatic carbocycles. The van der Waals surface area contributed by atoms with Gasteiger partial charge in [-0.25, -0.2) is 4.98 Å². The quantitative estimate of drug-likeness (QED) is 0.871. The fourth-order valence-electron chi connectivity index (χ4n) is 1.76. The van der Waals surface area contributed by atoms with Gasteiger partial charge in [-0.1, -0.05) is 12.1 Å². The van der Waals surface area contributed by atoms with Gasteiger partial charge in [-0.2, -0.15) is 0 Å². The van der Waals surface area contributed by atoms with E-state index in [0.717, 1.165) is 22.8 Å². The number of rotatable bonds is 4. The van der Waals surface area contributed by atoms with Gasteiger partial charge in [0, 0.05) is 25.2 Å². The zero-order valence-corrected chi connectivity index (χ0v) is 10.1. The summed E-state index contributed by atoms with van der Waals surface area (Å²) in [6.07, 6.45) is 2.53. The largest absolute Gasteiger partial charge is 0.497 e. The van der Waals surface area contributed by atoms with Crippen LogP contribution in [0.25, 0.3) is 11.3 Å². The fraction of sp³-hybridized carbons (Fsp3) is 0.308. The van der Waals surface area contributed by atoms with Crippen LogP contribution in [0.2, 0.25) is 0 Å². The lowest BCUT2D eigenvalue weighted by Gasteiger charge is -2.01. The summed E-state index contributed by atoms with van der Waals surface area (Å²) in [5.74, 6) is 1.70. The van der Waals surface area contributed by atoms with E-state index in [4.69, 9.17) is 9.84 Å². The minimum Gasteiger partial charge on any atom is -0.497 e. The van der Waals surface area contributed by atoms with Crippen molar-refractivity contribution in [3.8, 4) is 17.0 Å². The van der Waals surface area contributed by atoms with Crippen LogP contribution in [0.3, 0.4) is 0 Å². The molecule has 0 atom stereocenters. The van der Waals surface area contributed by atoms with Gasteiger partial charge >= 0.3 is 0 Å². The van der Waals surface area contributed by atoms with Crippen molar-refractivity contribution >= 4 is 0 Å². The second kappa shape index (κ2) is 5.01. The van der Waals surface area contributed by atoms with Gasteiger partial charge < -0.3 is 14.4 Å². The zero-order valence-electron chi connectivity index (χ0n) is 10.1. The predicted octanol–water partition coefficient (Wildman–Crippen LogP) is 1.63. The van der Waals surface area contributed by atoms with E-state index in [1.807, 2.05) is 42.1 Å². The van der Waals surface area contributed by atoms with Crippen LogP contribution in [-0.2, 0) is 13.5 Å². The molecule has 0 amide bonds. The normalized spacial score (nSPS) is 10.5. The molecule has 0 spiro atoms. The van der Waals surface area contributed by atoms with E-state index in [1.54, 1.807) is 7.11 Å². The summed E-state index contributed by atoms with van der Waals surface area (Å²) in [7, 11) is 3.58. The van der Waals surface area contributed by atoms with E-state index in [-0.39, 0.29) is 6.61 Å². The summed E-state index contributed by atoms with van der Waals surface area (Å²) in [5.41, 5.74) is 1.92. The maximum Gasteiger partial charge on any atom is 0.119 e. The molecule has 0 aliphatic rings. The molecule has 4 nitrogen and oxygen atoms in total. The van der Waals surface area contributed by atoms with Crippen molar-refractivity contribution in [1.29, 1.82) is 0 Å². The molecular formula is C13H16N2O2. The minimum absolute atomic E-state index is 0.113. The summed E-state index contributed by atoms with van der Waals surface area (Å²) in [5, 5.41) is 8.93. The summed E-state index contributed by atoms with van der Waals surface area (Å²) in [6, 6.07) is 7.79. The molecule has 0 bridgehead atoms. The number of nitrogens with zero attached hydrogens (tertiary/aromatic N) is 2. The van der Waals surface area contributed by atoms with Crippen LogP contribution in [0.4, 0.5) is 0 Å². The number of aryl methyl sites for hydroxylation is 1. The number of hydrogen-bond acceptors (Lipinski definition) is 3. The number of benzene rings is 1. The van der Waals surface area contributed by atoms with Crippen molar-refractivity contribution in [2.45, 2.75) is 6.42 Å². The SMILES string of the molecule is COc1cccc(-c2cn(C)c(CCO)n2)c1. The van der Waals surface area contributed by atoms with Gasteiger partial charge in [-0.3, -0.25) is 0 Å². The molecule has 0 aliphatic carbocycles. The molecule has 0 saturated carbocycles. The average Bonchev–Trinajstić information content (AvgIpc) is 2.72. The molecule has 90 valence electrons. The molecule has 0 saturated heterocycles. The molecule has 2 aromatic rings. The summed E-state index contributed by atoms with van der Waals surface area (Å²) in [6.45, 7) is 0.113. The summed E-state index contributed by atoms with van der Waals surface area (Å²) < 4.78 is 7.12. The molecule has 2 rings (SSSR count). The number of ether oxygens (including phenoxy) is 1. The van der Waals surface area contributed by atoms with Crippen molar-refractivity contribution < 1.29 is 9.84 Å². The molecule has 0 unspecified atom stereocenters. The van der Waals surface area contributed by atoms with Gasteiger partial charge in [0.05, 0.1) is 19.4 Å². The molecule has 17 heavy (non-hydrogen) atoms. The Labute approximate surface area is 100 Å². The van der Waals surface area contributed by atoms with Crippen molar-refractivity contribution in [1.82, 2.24) is 9.55 Å². The van der Waals surface area contributed by atoms with E-state index in [1.165, 1.54) is 0 Å². The van der Waals surface area contributed by atoms with Crippen LogP contribution in [0.15, 0.2) is 30.5 Å². The second-order valence-electron chi connectivity index (χ2n) is 3.86. The first-order valence-electron chi connectivity index (χ1n) is 5.52. The van der Waals surface area contributed by atoms with Gasteiger partial charge in [0.2, 0.25) is 0 Å². The average molecular weight is 232 g/mol. The lowest BCUT2D eigenvalue weighted by Crippen LogP contribution is -1.99. The molecule has 1 N–H and O–H groups in total. The highest BCUT2D eigenvalue weighted by Gasteiger charge is 2.07. The Morgan fingerprint density at radius 2 is 2.24 bits per heavy atom. The van der Waals surface area contributed by atoms with Gasteiger partial charge in [0.25, 0.3) is 0 Å². The Morgan fingerprint density at radius 3 is 2.94 bits per heavy atom. The summed E-state index contributed by atoms with van der Waals surface area (Å²) in [4.78, 5) is 4.49. The Bertz CT molecular complexity index is 506. The van der Waals surface area contributed by atoms with Crippen LogP contribution >= 0.6 is 0 Å². The molecule has 0 aliphatic heterocycles. The minimum atomic E-state index is 0.113. The van der Waals surface area contributed by atoms with Crippen LogP contribution in [0, 0.1) is 0 Å². The monoisotopic (exact) mass is 232 g/mol. The molecular weight excluding hydrogens is 216 g/mol. The standard InChI is InChI=1S/C13H16N2O2/c1-15-9-12(14-13(15)6-7-16)10-4-3-5-11(8-10)17-2/h3-5,8-9,16H,6-7H2,1-2H3. The first-order chi connectivity index (χ1) is 8.24. The van der Waals surface area contributed by atoms with Crippen molar-refractivity contribution in [3.05, 3.63) is 36.3 Å². The Kier molecular flexibility index (Phi) is 3.44. The Balaban J connectivity index is 2.35. The lowest BCUT2D eigenvalue weighted by molar-refractivity contribution is 0.295. The maximum absolute atomic E-state index is 8.93. The topological polar surface area (TPSA) is 47.3 Å². The smallest absolute Gasteiger partial charge is 0.119 e. The van der Waals surface area contributed by atoms with E-state index < -0.39 is 0 Å². The predicted molar refractivity (Wildman–Crippen MR) is 66.0 cm³/mol. The van der Waals surface area contributed by atoms with Crippen LogP contribution in [-0.4, -0.2) is 28.4 Å². The van der Waals surface area contributed by atoms with Gasteiger partial charge in [-0.05, 0) is 12.1 Å². The highest BCUT2D eigenvalue weighted by Crippen LogP contribution is 2.22. The molecule has 1 aromatic heterocycles. The lowest BCUT2D eigenvalue weighted by atomic mass is 10.1. The number of methoxy groups -OCH3 is 1. The number of aromatic nitrogens is 2. The first kappa shape index (κ1) is 11.7. The first-order valence-corrected chi connectivity index (χ1v) is 5.52. The van der Waals surface area contributed by atoms with Crippen LogP contribution in [0.1, 0.15) is 5.82 Å². The van der Waals surface area contributed by atoms with E-state index in [0.29, 0.717) is 6.42 Å². The van der Waals surface area contributed by atoms with E-state index in [9.17, 15) is 0 Å². The molecule has 4 heteroatoms. The van der Waals surface area contributed by atoms with Crippen molar-refractivity contribution in [3.63, 3.8) is 0 Å². The Morgan fingerprint density at radius 1 is 1.41 bits per heavy atom. The number of aliphatic hydroxyl groups excluding tert-OH is 1. The highest BCUT2D eigenvalue weighted by molar-refractivity contribution is 5.60. The number of aliphatic hydroxyl groups is 1. The summed E-state index contributed by atoms with van der Waals surface area (Å²) >= 11 is 0. The maximum atomic E-state index is 8.93. The van der Waals surface area contributed by atoms with Gasteiger partial charge in [0.1, 0.15) is 11.6 Å². The van der Waals surface area contributed by atoms with Crippen LogP contribution in [0.5, 0.6) is 5.75 Å².